The van der Waals surface area contributed by atoms with Crippen molar-refractivity contribution in [2.45, 2.75) is 30.0 Å². The van der Waals surface area contributed by atoms with E-state index in [4.69, 9.17) is 16.3 Å². The van der Waals surface area contributed by atoms with Crippen LogP contribution in [-0.2, 0) is 4.74 Å². The SMILES string of the molecule is O=c1[nH]cnc2c1ncn2[C@@H]1O[C@H](CO)[C@H]2CC[C@]21Cl. The molecule has 2 fully saturated rings. The molecule has 0 amide bonds. The van der Waals surface area contributed by atoms with Crippen LogP contribution in [0, 0.1) is 5.92 Å². The van der Waals surface area contributed by atoms with Gasteiger partial charge in [-0.05, 0) is 12.8 Å². The first kappa shape index (κ1) is 12.3. The average molecular weight is 297 g/mol. The topological polar surface area (TPSA) is 93.0 Å². The van der Waals surface area contributed by atoms with Crippen LogP contribution in [0.5, 0.6) is 0 Å². The molecule has 1 aliphatic carbocycles. The first-order valence-corrected chi connectivity index (χ1v) is 6.88. The number of aromatic amines is 1. The summed E-state index contributed by atoms with van der Waals surface area (Å²) in [7, 11) is 0. The molecule has 8 heteroatoms. The Bertz CT molecular complexity index is 729. The van der Waals surface area contributed by atoms with E-state index < -0.39 is 11.1 Å². The number of hydrogen-bond donors (Lipinski definition) is 2. The van der Waals surface area contributed by atoms with Gasteiger partial charge in [0.15, 0.2) is 17.4 Å². The van der Waals surface area contributed by atoms with E-state index in [0.29, 0.717) is 5.65 Å². The van der Waals surface area contributed by atoms with Gasteiger partial charge in [0.1, 0.15) is 0 Å². The summed E-state index contributed by atoms with van der Waals surface area (Å²) < 4.78 is 7.58. The Labute approximate surface area is 118 Å². The molecule has 0 unspecified atom stereocenters. The van der Waals surface area contributed by atoms with Crippen LogP contribution in [0.15, 0.2) is 17.4 Å². The molecule has 7 nitrogen and oxygen atoms in total. The largest absolute Gasteiger partial charge is 0.394 e. The summed E-state index contributed by atoms with van der Waals surface area (Å²) in [4.78, 5) is 21.9. The molecular weight excluding hydrogens is 284 g/mol. The molecule has 4 atom stereocenters. The molecule has 0 bridgehead atoms. The smallest absolute Gasteiger partial charge is 0.278 e. The van der Waals surface area contributed by atoms with Gasteiger partial charge >= 0.3 is 0 Å². The van der Waals surface area contributed by atoms with Crippen LogP contribution < -0.4 is 5.56 Å². The molecule has 4 rings (SSSR count). The molecular formula is C12H13ClN4O3. The predicted octanol–water partition coefficient (Wildman–Crippen LogP) is 0.397. The fourth-order valence-electron chi connectivity index (χ4n) is 3.26. The van der Waals surface area contributed by atoms with Gasteiger partial charge in [0.05, 0.1) is 30.2 Å². The Morgan fingerprint density at radius 3 is 3.10 bits per heavy atom. The number of nitrogens with zero attached hydrogens (tertiary/aromatic N) is 3. The van der Waals surface area contributed by atoms with Gasteiger partial charge < -0.3 is 14.8 Å². The van der Waals surface area contributed by atoms with Crippen molar-refractivity contribution < 1.29 is 9.84 Å². The van der Waals surface area contributed by atoms with Crippen molar-refractivity contribution in [1.29, 1.82) is 0 Å². The van der Waals surface area contributed by atoms with E-state index in [1.54, 1.807) is 4.57 Å². The number of ether oxygens (including phenoxy) is 1. The summed E-state index contributed by atoms with van der Waals surface area (Å²) in [6.07, 6.45) is 3.87. The highest BCUT2D eigenvalue weighted by molar-refractivity contribution is 6.25. The van der Waals surface area contributed by atoms with E-state index in [1.807, 2.05) is 0 Å². The van der Waals surface area contributed by atoms with Gasteiger partial charge in [0.25, 0.3) is 5.56 Å². The Balaban J connectivity index is 1.84. The quantitative estimate of drug-likeness (QED) is 0.782. The molecule has 1 saturated heterocycles. The van der Waals surface area contributed by atoms with Gasteiger partial charge in [-0.2, -0.15) is 0 Å². The fourth-order valence-corrected chi connectivity index (χ4v) is 3.78. The highest BCUT2D eigenvalue weighted by Gasteiger charge is 2.61. The predicted molar refractivity (Wildman–Crippen MR) is 70.5 cm³/mol. The third kappa shape index (κ3) is 1.40. The van der Waals surface area contributed by atoms with Crippen LogP contribution in [0.25, 0.3) is 11.2 Å². The van der Waals surface area contributed by atoms with E-state index in [9.17, 15) is 9.90 Å². The lowest BCUT2D eigenvalue weighted by atomic mass is 9.71. The standard InChI is InChI=1S/C12H13ClN4O3/c13-12-2-1-6(12)7(3-18)20-11(12)17-5-16-8-9(17)14-4-15-10(8)19/h4-7,11,18H,1-3H2,(H,14,15,19)/t6-,7-,11-,12+/m1/s1. The van der Waals surface area contributed by atoms with Crippen molar-refractivity contribution >= 4 is 22.8 Å². The molecule has 2 aromatic rings. The Morgan fingerprint density at radius 1 is 1.60 bits per heavy atom. The molecule has 0 spiro atoms. The number of aromatic nitrogens is 4. The zero-order valence-corrected chi connectivity index (χ0v) is 11.2. The third-order valence-electron chi connectivity index (χ3n) is 4.42. The minimum Gasteiger partial charge on any atom is -0.394 e. The van der Waals surface area contributed by atoms with Crippen LogP contribution in [0.3, 0.4) is 0 Å². The van der Waals surface area contributed by atoms with Crippen LogP contribution in [0.1, 0.15) is 19.1 Å². The Kier molecular flexibility index (Phi) is 2.48. The Hall–Kier alpha value is -1.44. The number of fused-ring (bicyclic) bond motifs is 2. The number of aliphatic hydroxyl groups excluding tert-OH is 1. The van der Waals surface area contributed by atoms with Gasteiger partial charge in [-0.15, -0.1) is 11.6 Å². The molecule has 0 radical (unpaired) electrons. The molecule has 1 aliphatic heterocycles. The fraction of sp³-hybridized carbons (Fsp3) is 0.583. The van der Waals surface area contributed by atoms with E-state index in [-0.39, 0.29) is 29.7 Å². The van der Waals surface area contributed by atoms with Crippen molar-refractivity contribution in [3.63, 3.8) is 0 Å². The van der Waals surface area contributed by atoms with Crippen molar-refractivity contribution in [1.82, 2.24) is 19.5 Å². The number of nitrogens with one attached hydrogen (secondary N) is 1. The van der Waals surface area contributed by atoms with E-state index in [2.05, 4.69) is 15.0 Å². The zero-order chi connectivity index (χ0) is 13.9. The molecule has 106 valence electrons. The lowest BCUT2D eigenvalue weighted by molar-refractivity contribution is -0.0282. The Morgan fingerprint density at radius 2 is 2.45 bits per heavy atom. The van der Waals surface area contributed by atoms with Gasteiger partial charge in [-0.1, -0.05) is 0 Å². The maximum Gasteiger partial charge on any atom is 0.278 e. The lowest BCUT2D eigenvalue weighted by Gasteiger charge is -2.42. The monoisotopic (exact) mass is 296 g/mol. The summed E-state index contributed by atoms with van der Waals surface area (Å²) in [6, 6.07) is 0. The lowest BCUT2D eigenvalue weighted by Crippen LogP contribution is -2.46. The minimum absolute atomic E-state index is 0.0592. The van der Waals surface area contributed by atoms with E-state index in [1.165, 1.54) is 12.7 Å². The van der Waals surface area contributed by atoms with Crippen LogP contribution in [0.2, 0.25) is 0 Å². The number of imidazole rings is 1. The second-order valence-corrected chi connectivity index (χ2v) is 6.04. The summed E-state index contributed by atoms with van der Waals surface area (Å²) >= 11 is 6.68. The molecule has 2 N–H and O–H groups in total. The molecule has 20 heavy (non-hydrogen) atoms. The number of rotatable bonds is 2. The summed E-state index contributed by atoms with van der Waals surface area (Å²) in [5.74, 6) is 0.124. The van der Waals surface area contributed by atoms with Crippen molar-refractivity contribution in [2.75, 3.05) is 6.61 Å². The first-order valence-electron chi connectivity index (χ1n) is 6.50. The number of halogens is 1. The highest BCUT2D eigenvalue weighted by Crippen LogP contribution is 2.59. The van der Waals surface area contributed by atoms with Crippen molar-refractivity contribution in [3.05, 3.63) is 23.0 Å². The summed E-state index contributed by atoms with van der Waals surface area (Å²) in [5.41, 5.74) is 0.418. The summed E-state index contributed by atoms with van der Waals surface area (Å²) in [5, 5.41) is 9.40. The van der Waals surface area contributed by atoms with Gasteiger partial charge in [0, 0.05) is 5.92 Å². The molecule has 2 aromatic heterocycles. The van der Waals surface area contributed by atoms with Gasteiger partial charge in [-0.25, -0.2) is 9.97 Å². The maximum absolute atomic E-state index is 11.7. The van der Waals surface area contributed by atoms with Gasteiger partial charge in [-0.3, -0.25) is 9.36 Å². The van der Waals surface area contributed by atoms with E-state index >= 15 is 0 Å². The third-order valence-corrected chi connectivity index (χ3v) is 5.07. The molecule has 2 aliphatic rings. The second-order valence-electron chi connectivity index (χ2n) is 5.34. The highest BCUT2D eigenvalue weighted by atomic mass is 35.5. The van der Waals surface area contributed by atoms with Crippen LogP contribution >= 0.6 is 11.6 Å². The van der Waals surface area contributed by atoms with Crippen molar-refractivity contribution in [2.24, 2.45) is 5.92 Å². The van der Waals surface area contributed by atoms with Gasteiger partial charge in [0.2, 0.25) is 0 Å². The maximum atomic E-state index is 11.7. The number of H-pyrrole nitrogens is 1. The second kappa shape index (κ2) is 4.03. The average Bonchev–Trinajstić information content (AvgIpc) is 2.93. The van der Waals surface area contributed by atoms with E-state index in [0.717, 1.165) is 12.8 Å². The van der Waals surface area contributed by atoms with Crippen LogP contribution in [-0.4, -0.2) is 42.2 Å². The van der Waals surface area contributed by atoms with Crippen LogP contribution in [0.4, 0.5) is 0 Å². The number of alkyl halides is 1. The zero-order valence-electron chi connectivity index (χ0n) is 10.5. The number of aliphatic hydroxyl groups is 1. The number of hydrogen-bond acceptors (Lipinski definition) is 5. The normalized spacial score (nSPS) is 36.0. The first-order chi connectivity index (χ1) is 9.65. The van der Waals surface area contributed by atoms with Crippen molar-refractivity contribution in [3.8, 4) is 0 Å². The molecule has 1 saturated carbocycles. The minimum atomic E-state index is -0.550. The molecule has 0 aromatic carbocycles. The summed E-state index contributed by atoms with van der Waals surface area (Å²) in [6.45, 7) is -0.0592. The molecule has 3 heterocycles.